The Kier molecular flexibility index (Phi) is 6.01. The number of aryl methyl sites for hydroxylation is 1. The van der Waals surface area contributed by atoms with Crippen LogP contribution in [0.4, 0.5) is 0 Å². The zero-order valence-electron chi connectivity index (χ0n) is 22.7. The van der Waals surface area contributed by atoms with E-state index in [9.17, 15) is 0 Å². The molecule has 6 unspecified atom stereocenters. The molecule has 9 heteroatoms. The molecule has 0 amide bonds. The van der Waals surface area contributed by atoms with Crippen LogP contribution in [0.1, 0.15) is 90.8 Å². The van der Waals surface area contributed by atoms with Crippen LogP contribution in [0.15, 0.2) is 0 Å². The normalized spacial score (nSPS) is 51.4. The SMILES string of the molecule is BC12CCC3(S)[C@](B)(CCC4(C)[C@@H](C(C)Cn5nnc(C)n5)CC[C@]43S)C1(B)CCC(CC)C2. The van der Waals surface area contributed by atoms with Gasteiger partial charge in [-0.1, -0.05) is 69.9 Å². The molecule has 4 aliphatic carbocycles. The number of rotatable bonds is 4. The Morgan fingerprint density at radius 1 is 1.00 bits per heavy atom. The van der Waals surface area contributed by atoms with E-state index in [0.29, 0.717) is 22.5 Å². The van der Waals surface area contributed by atoms with Gasteiger partial charge in [0.1, 0.15) is 23.5 Å². The fourth-order valence-corrected chi connectivity index (χ4v) is 11.9. The van der Waals surface area contributed by atoms with Crippen LogP contribution >= 0.6 is 25.3 Å². The minimum Gasteiger partial charge on any atom is -0.171 e. The van der Waals surface area contributed by atoms with Gasteiger partial charge in [0, 0.05) is 9.49 Å². The molecule has 5 rings (SSSR count). The van der Waals surface area contributed by atoms with Crippen LogP contribution in [0, 0.1) is 30.1 Å². The molecule has 0 saturated heterocycles. The van der Waals surface area contributed by atoms with E-state index in [0.717, 1.165) is 18.3 Å². The summed E-state index contributed by atoms with van der Waals surface area (Å²) in [5.74, 6) is 2.77. The molecule has 186 valence electrons. The highest BCUT2D eigenvalue weighted by Gasteiger charge is 2.77. The summed E-state index contributed by atoms with van der Waals surface area (Å²) in [7, 11) is 7.94. The van der Waals surface area contributed by atoms with Crippen LogP contribution in [0.2, 0.25) is 15.9 Å². The quantitative estimate of drug-likeness (QED) is 0.494. The van der Waals surface area contributed by atoms with Crippen LogP contribution in [-0.4, -0.2) is 53.2 Å². The Morgan fingerprint density at radius 2 is 1.74 bits per heavy atom. The largest absolute Gasteiger partial charge is 0.171 e. The minimum atomic E-state index is -0.0489. The fraction of sp³-hybridized carbons (Fsp3) is 0.960. The summed E-state index contributed by atoms with van der Waals surface area (Å²) in [6.45, 7) is 10.1. The zero-order valence-corrected chi connectivity index (χ0v) is 24.5. The number of hydrogen-bond donors (Lipinski definition) is 2. The number of hydrogen-bond acceptors (Lipinski definition) is 5. The highest BCUT2D eigenvalue weighted by molar-refractivity contribution is 7.86. The zero-order chi connectivity index (χ0) is 24.8. The molecule has 0 N–H and O–H groups in total. The second-order valence-corrected chi connectivity index (χ2v) is 15.4. The molecule has 0 aliphatic heterocycles. The van der Waals surface area contributed by atoms with Crippen molar-refractivity contribution in [3.63, 3.8) is 0 Å². The third kappa shape index (κ3) is 3.01. The molecular weight excluding hydrogens is 453 g/mol. The number of tetrazole rings is 1. The second kappa shape index (κ2) is 7.98. The van der Waals surface area contributed by atoms with Crippen LogP contribution in [0.3, 0.4) is 0 Å². The monoisotopic (exact) mass is 498 g/mol. The first kappa shape index (κ1) is 25.6. The highest BCUT2D eigenvalue weighted by atomic mass is 32.1. The van der Waals surface area contributed by atoms with Gasteiger partial charge in [0.05, 0.1) is 6.54 Å². The topological polar surface area (TPSA) is 43.6 Å². The van der Waals surface area contributed by atoms with Crippen molar-refractivity contribution in [2.75, 3.05) is 0 Å². The molecule has 1 heterocycles. The summed E-state index contributed by atoms with van der Waals surface area (Å²) >= 11 is 11.6. The van der Waals surface area contributed by atoms with Crippen molar-refractivity contribution in [1.82, 2.24) is 20.2 Å². The number of aromatic nitrogens is 4. The van der Waals surface area contributed by atoms with Crippen LogP contribution in [0.5, 0.6) is 0 Å². The Bertz CT molecular complexity index is 964. The lowest BCUT2D eigenvalue weighted by Crippen LogP contribution is -2.71. The van der Waals surface area contributed by atoms with Crippen molar-refractivity contribution in [1.29, 1.82) is 0 Å². The van der Waals surface area contributed by atoms with E-state index < -0.39 is 0 Å². The van der Waals surface area contributed by atoms with E-state index >= 15 is 0 Å². The van der Waals surface area contributed by atoms with Gasteiger partial charge in [-0.2, -0.15) is 30.1 Å². The van der Waals surface area contributed by atoms with Gasteiger partial charge in [-0.25, -0.2) is 0 Å². The first-order valence-corrected chi connectivity index (χ1v) is 14.9. The van der Waals surface area contributed by atoms with E-state index in [1.54, 1.807) is 0 Å². The molecule has 0 radical (unpaired) electrons. The van der Waals surface area contributed by atoms with Crippen LogP contribution in [-0.2, 0) is 6.54 Å². The maximum Gasteiger partial charge on any atom is 0.171 e. The van der Waals surface area contributed by atoms with Gasteiger partial charge >= 0.3 is 0 Å². The molecular formula is C25H45B3N4S2. The summed E-state index contributed by atoms with van der Waals surface area (Å²) in [5, 5.41) is 13.8. The van der Waals surface area contributed by atoms with Crippen LogP contribution < -0.4 is 0 Å². The second-order valence-electron chi connectivity index (χ2n) is 13.9. The van der Waals surface area contributed by atoms with Crippen molar-refractivity contribution >= 4 is 48.8 Å². The van der Waals surface area contributed by atoms with Gasteiger partial charge in [0.25, 0.3) is 0 Å². The van der Waals surface area contributed by atoms with E-state index in [-0.39, 0.29) is 20.2 Å². The maximum absolute atomic E-state index is 5.82. The van der Waals surface area contributed by atoms with Crippen molar-refractivity contribution in [2.24, 2.45) is 23.2 Å². The van der Waals surface area contributed by atoms with E-state index in [1.165, 1.54) is 64.2 Å². The molecule has 9 atom stereocenters. The Labute approximate surface area is 221 Å². The molecule has 1 aromatic rings. The molecule has 1 aromatic heterocycles. The smallest absolute Gasteiger partial charge is 0.171 e. The van der Waals surface area contributed by atoms with Crippen LogP contribution in [0.25, 0.3) is 0 Å². The first-order chi connectivity index (χ1) is 15.8. The molecule has 0 bridgehead atoms. The minimum absolute atomic E-state index is 0.0417. The number of thiol groups is 2. The Hall–Kier alpha value is -0.0352. The van der Waals surface area contributed by atoms with Crippen molar-refractivity contribution in [2.45, 2.75) is 124 Å². The van der Waals surface area contributed by atoms with Gasteiger partial charge in [-0.15, -0.1) is 10.2 Å². The van der Waals surface area contributed by atoms with Gasteiger partial charge < -0.3 is 0 Å². The molecule has 34 heavy (non-hydrogen) atoms. The molecule has 4 aliphatic rings. The molecule has 0 aromatic carbocycles. The summed E-state index contributed by atoms with van der Waals surface area (Å²) in [6, 6.07) is 0. The molecule has 4 fully saturated rings. The van der Waals surface area contributed by atoms with Gasteiger partial charge in [0.2, 0.25) is 0 Å². The summed E-state index contributed by atoms with van der Waals surface area (Å²) in [6.07, 6.45) is 13.0. The van der Waals surface area contributed by atoms with E-state index in [4.69, 9.17) is 25.3 Å². The van der Waals surface area contributed by atoms with Crippen molar-refractivity contribution < 1.29 is 0 Å². The maximum atomic E-state index is 5.82. The first-order valence-electron chi connectivity index (χ1n) is 14.0. The lowest BCUT2D eigenvalue weighted by Gasteiger charge is -2.77. The van der Waals surface area contributed by atoms with Gasteiger partial charge in [-0.05, 0) is 66.3 Å². The summed E-state index contributed by atoms with van der Waals surface area (Å²) < 4.78 is -0.0906. The van der Waals surface area contributed by atoms with E-state index in [1.807, 2.05) is 11.7 Å². The Morgan fingerprint density at radius 3 is 2.38 bits per heavy atom. The predicted molar refractivity (Wildman–Crippen MR) is 156 cm³/mol. The lowest BCUT2D eigenvalue weighted by atomic mass is 9.20. The third-order valence-corrected chi connectivity index (χ3v) is 15.4. The molecule has 4 saturated carbocycles. The van der Waals surface area contributed by atoms with Gasteiger partial charge in [-0.3, -0.25) is 0 Å². The molecule has 4 nitrogen and oxygen atoms in total. The average molecular weight is 498 g/mol. The highest BCUT2D eigenvalue weighted by Crippen LogP contribution is 2.86. The summed E-state index contributed by atoms with van der Waals surface area (Å²) in [5.41, 5.74) is 0.178. The Balaban J connectivity index is 1.49. The lowest BCUT2D eigenvalue weighted by molar-refractivity contribution is -0.0165. The van der Waals surface area contributed by atoms with Gasteiger partial charge in [0.15, 0.2) is 5.82 Å². The van der Waals surface area contributed by atoms with E-state index in [2.05, 4.69) is 59.7 Å². The number of fused-ring (bicyclic) bond motifs is 5. The van der Waals surface area contributed by atoms with Crippen molar-refractivity contribution in [3.05, 3.63) is 5.82 Å². The predicted octanol–water partition coefficient (Wildman–Crippen LogP) is 3.54. The standard InChI is InChI=1S/C25H45B3N4S2/c1-5-18-6-8-22(27)21(26,14-18)11-13-25(34)23(22,28)12-10-20(4)19(7-9-24(20,25)33)16(2)15-32-30-17(3)29-31-32/h16,18-19,33-34H,5-15,26-28H2,1-4H3/t16?,18?,19-,20?,21?,22?,23+,24+,25?/m1/s1. The molecule has 0 spiro atoms. The summed E-state index contributed by atoms with van der Waals surface area (Å²) in [4.78, 5) is 1.81. The third-order valence-electron chi connectivity index (χ3n) is 13.0. The fourth-order valence-electron chi connectivity index (χ4n) is 10.3. The van der Waals surface area contributed by atoms with Crippen molar-refractivity contribution in [3.8, 4) is 0 Å². The number of nitrogens with zero attached hydrogens (tertiary/aromatic N) is 4. The average Bonchev–Trinajstić information content (AvgIpc) is 3.32.